The molecule has 3 aromatic rings. The first-order valence-electron chi connectivity index (χ1n) is 8.86. The second kappa shape index (κ2) is 6.78. The number of anilines is 1. The second-order valence-electron chi connectivity index (χ2n) is 6.83. The molecule has 5 nitrogen and oxygen atoms in total. The minimum atomic E-state index is -0.206. The van der Waals surface area contributed by atoms with Crippen LogP contribution in [-0.4, -0.2) is 26.0 Å². The molecule has 6 heteroatoms. The van der Waals surface area contributed by atoms with Crippen LogP contribution in [0, 0.1) is 13.8 Å². The van der Waals surface area contributed by atoms with Gasteiger partial charge < -0.3 is 10.4 Å². The van der Waals surface area contributed by atoms with Crippen molar-refractivity contribution in [3.8, 4) is 11.4 Å². The third kappa shape index (κ3) is 3.21. The lowest BCUT2D eigenvalue weighted by Crippen LogP contribution is -2.22. The largest absolute Gasteiger partial charge is 0.508 e. The van der Waals surface area contributed by atoms with Crippen molar-refractivity contribution in [1.29, 1.82) is 0 Å². The topological polar surface area (TPSA) is 67.2 Å². The number of rotatable bonds is 2. The van der Waals surface area contributed by atoms with E-state index in [9.17, 15) is 9.90 Å². The van der Waals surface area contributed by atoms with E-state index in [1.54, 1.807) is 23.9 Å². The van der Waals surface area contributed by atoms with E-state index in [2.05, 4.69) is 5.32 Å². The number of nitrogens with one attached hydrogen (secondary N) is 1. The third-order valence-corrected chi connectivity index (χ3v) is 6.20. The van der Waals surface area contributed by atoms with E-state index in [1.807, 2.05) is 61.9 Å². The van der Waals surface area contributed by atoms with Gasteiger partial charge in [-0.2, -0.15) is 5.10 Å². The molecule has 0 saturated carbocycles. The van der Waals surface area contributed by atoms with E-state index in [-0.39, 0.29) is 22.2 Å². The number of aryl methyl sites for hydroxylation is 2. The summed E-state index contributed by atoms with van der Waals surface area (Å²) in [6, 6.07) is 15.2. The molecule has 0 aliphatic carbocycles. The molecule has 1 amide bonds. The molecule has 138 valence electrons. The Bertz CT molecular complexity index is 994. The van der Waals surface area contributed by atoms with Crippen LogP contribution in [0.2, 0.25) is 0 Å². The number of fused-ring (bicyclic) bond motifs is 1. The first-order valence-corrected chi connectivity index (χ1v) is 9.80. The van der Waals surface area contributed by atoms with E-state index in [1.165, 1.54) is 5.56 Å². The second-order valence-corrected chi connectivity index (χ2v) is 8.28. The van der Waals surface area contributed by atoms with Crippen LogP contribution < -0.4 is 5.32 Å². The van der Waals surface area contributed by atoms with Crippen molar-refractivity contribution in [3.63, 3.8) is 0 Å². The maximum Gasteiger partial charge on any atom is 0.238 e. The van der Waals surface area contributed by atoms with Crippen LogP contribution in [0.3, 0.4) is 0 Å². The van der Waals surface area contributed by atoms with Crippen LogP contribution in [0.1, 0.15) is 34.6 Å². The van der Waals surface area contributed by atoms with Gasteiger partial charge in [-0.1, -0.05) is 29.8 Å². The summed E-state index contributed by atoms with van der Waals surface area (Å²) < 4.78 is 1.81. The van der Waals surface area contributed by atoms with Crippen molar-refractivity contribution < 1.29 is 9.90 Å². The van der Waals surface area contributed by atoms with Gasteiger partial charge in [0, 0.05) is 5.56 Å². The fourth-order valence-electron chi connectivity index (χ4n) is 3.29. The molecular weight excluding hydrogens is 358 g/mol. The van der Waals surface area contributed by atoms with Crippen LogP contribution in [0.5, 0.6) is 5.75 Å². The normalized spacial score (nSPS) is 19.3. The molecule has 4 rings (SSSR count). The number of benzene rings is 2. The van der Waals surface area contributed by atoms with Crippen LogP contribution >= 0.6 is 11.8 Å². The molecule has 0 bridgehead atoms. The van der Waals surface area contributed by atoms with Gasteiger partial charge in [0.15, 0.2) is 0 Å². The molecule has 1 aliphatic heterocycles. The highest BCUT2D eigenvalue weighted by Gasteiger charge is 2.33. The number of thioether (sulfide) groups is 1. The molecule has 1 aliphatic rings. The van der Waals surface area contributed by atoms with Gasteiger partial charge in [-0.15, -0.1) is 11.8 Å². The Morgan fingerprint density at radius 1 is 1.07 bits per heavy atom. The van der Waals surface area contributed by atoms with Gasteiger partial charge in [-0.3, -0.25) is 4.79 Å². The SMILES string of the molecule is Cc1ccc(-n2nc(C)c3c2NC(=O)[C@@H](C)S[C@H]3c2ccc(O)cc2)cc1. The average Bonchev–Trinajstić information content (AvgIpc) is 2.89. The van der Waals surface area contributed by atoms with Gasteiger partial charge in [-0.05, 0) is 50.6 Å². The molecule has 2 aromatic carbocycles. The predicted octanol–water partition coefficient (Wildman–Crippen LogP) is 4.36. The van der Waals surface area contributed by atoms with E-state index < -0.39 is 0 Å². The molecule has 0 unspecified atom stereocenters. The maximum absolute atomic E-state index is 12.6. The van der Waals surface area contributed by atoms with Gasteiger partial charge in [0.05, 0.1) is 21.9 Å². The van der Waals surface area contributed by atoms with Crippen molar-refractivity contribution in [1.82, 2.24) is 9.78 Å². The highest BCUT2D eigenvalue weighted by molar-refractivity contribution is 8.01. The maximum atomic E-state index is 12.6. The molecule has 0 spiro atoms. The molecule has 2 atom stereocenters. The Balaban J connectivity index is 1.89. The number of aromatic nitrogens is 2. The van der Waals surface area contributed by atoms with Crippen LogP contribution in [0.15, 0.2) is 48.5 Å². The molecule has 1 aromatic heterocycles. The number of hydrogen-bond donors (Lipinski definition) is 2. The summed E-state index contributed by atoms with van der Waals surface area (Å²) in [6.45, 7) is 5.93. The van der Waals surface area contributed by atoms with Crippen molar-refractivity contribution in [2.45, 2.75) is 31.3 Å². The van der Waals surface area contributed by atoms with Gasteiger partial charge in [-0.25, -0.2) is 4.68 Å². The summed E-state index contributed by atoms with van der Waals surface area (Å²) in [5, 5.41) is 17.2. The molecule has 27 heavy (non-hydrogen) atoms. The highest BCUT2D eigenvalue weighted by Crippen LogP contribution is 2.46. The Kier molecular flexibility index (Phi) is 4.44. The minimum absolute atomic E-state index is 0.0317. The van der Waals surface area contributed by atoms with Crippen LogP contribution in [0.25, 0.3) is 5.69 Å². The van der Waals surface area contributed by atoms with Gasteiger partial charge >= 0.3 is 0 Å². The summed E-state index contributed by atoms with van der Waals surface area (Å²) in [5.41, 5.74) is 5.00. The lowest BCUT2D eigenvalue weighted by atomic mass is 10.0. The van der Waals surface area contributed by atoms with Crippen molar-refractivity contribution >= 4 is 23.5 Å². The Morgan fingerprint density at radius 2 is 1.74 bits per heavy atom. The van der Waals surface area contributed by atoms with E-state index >= 15 is 0 Å². The average molecular weight is 379 g/mol. The van der Waals surface area contributed by atoms with Crippen molar-refractivity contribution in [2.24, 2.45) is 0 Å². The lowest BCUT2D eigenvalue weighted by molar-refractivity contribution is -0.115. The number of nitrogens with zero attached hydrogens (tertiary/aromatic N) is 2. The van der Waals surface area contributed by atoms with E-state index in [4.69, 9.17) is 5.10 Å². The zero-order chi connectivity index (χ0) is 19.1. The number of aromatic hydroxyl groups is 1. The fourth-order valence-corrected chi connectivity index (χ4v) is 4.62. The molecule has 0 fully saturated rings. The summed E-state index contributed by atoms with van der Waals surface area (Å²) in [4.78, 5) is 12.6. The Hall–Kier alpha value is -2.73. The van der Waals surface area contributed by atoms with E-state index in [0.717, 1.165) is 28.3 Å². The lowest BCUT2D eigenvalue weighted by Gasteiger charge is -2.17. The molecular formula is C21H21N3O2S. The number of hydrogen-bond acceptors (Lipinski definition) is 4. The van der Waals surface area contributed by atoms with Gasteiger partial charge in [0.25, 0.3) is 0 Å². The minimum Gasteiger partial charge on any atom is -0.508 e. The smallest absolute Gasteiger partial charge is 0.238 e. The summed E-state index contributed by atoms with van der Waals surface area (Å²) in [6.07, 6.45) is 0. The number of phenolic OH excluding ortho intramolecular Hbond substituents is 1. The zero-order valence-electron chi connectivity index (χ0n) is 15.4. The van der Waals surface area contributed by atoms with Crippen molar-refractivity contribution in [3.05, 3.63) is 70.9 Å². The van der Waals surface area contributed by atoms with Crippen molar-refractivity contribution in [2.75, 3.05) is 5.32 Å². The first kappa shape index (κ1) is 17.7. The zero-order valence-corrected chi connectivity index (χ0v) is 16.2. The quantitative estimate of drug-likeness (QED) is 0.694. The summed E-state index contributed by atoms with van der Waals surface area (Å²) >= 11 is 1.60. The monoisotopic (exact) mass is 379 g/mol. The summed E-state index contributed by atoms with van der Waals surface area (Å²) in [7, 11) is 0. The molecule has 2 heterocycles. The Labute approximate surface area is 162 Å². The Morgan fingerprint density at radius 3 is 2.41 bits per heavy atom. The third-order valence-electron chi connectivity index (χ3n) is 4.79. The summed E-state index contributed by atoms with van der Waals surface area (Å²) in [5.74, 6) is 0.916. The van der Waals surface area contributed by atoms with Crippen LogP contribution in [0.4, 0.5) is 5.82 Å². The fraction of sp³-hybridized carbons (Fsp3) is 0.238. The highest BCUT2D eigenvalue weighted by atomic mass is 32.2. The standard InChI is InChI=1S/C21H21N3O2S/c1-12-4-8-16(9-5-12)24-20-18(13(2)23-24)19(27-14(3)21(26)22-20)15-6-10-17(25)11-7-15/h4-11,14,19,25H,1-3H3,(H,22,26)/t14-,19+/m1/s1. The number of amides is 1. The number of carbonyl (C=O) groups is 1. The molecule has 2 N–H and O–H groups in total. The molecule has 0 radical (unpaired) electrons. The predicted molar refractivity (Wildman–Crippen MR) is 109 cm³/mol. The number of carbonyl (C=O) groups excluding carboxylic acids is 1. The number of phenols is 1. The van der Waals surface area contributed by atoms with Crippen LogP contribution in [-0.2, 0) is 4.79 Å². The van der Waals surface area contributed by atoms with Gasteiger partial charge in [0.2, 0.25) is 5.91 Å². The van der Waals surface area contributed by atoms with Gasteiger partial charge in [0.1, 0.15) is 11.6 Å². The molecule has 0 saturated heterocycles. The van der Waals surface area contributed by atoms with E-state index in [0.29, 0.717) is 0 Å². The first-order chi connectivity index (χ1) is 12.9.